The lowest BCUT2D eigenvalue weighted by Gasteiger charge is -2.46. The normalized spacial score (nSPS) is 24.5. The molecule has 94 valence electrons. The van der Waals surface area contributed by atoms with E-state index in [9.17, 15) is 4.79 Å². The second kappa shape index (κ2) is 4.72. The summed E-state index contributed by atoms with van der Waals surface area (Å²) in [5.74, 6) is 0.210. The Morgan fingerprint density at radius 2 is 1.81 bits per heavy atom. The first-order chi connectivity index (χ1) is 7.23. The molecule has 0 aromatic rings. The molecule has 0 aromatic heterocycles. The van der Waals surface area contributed by atoms with Gasteiger partial charge in [-0.1, -0.05) is 0 Å². The Bertz CT molecular complexity index is 257. The quantitative estimate of drug-likeness (QED) is 0.652. The molecule has 16 heavy (non-hydrogen) atoms. The van der Waals surface area contributed by atoms with Crippen molar-refractivity contribution in [3.05, 3.63) is 0 Å². The molecule has 1 aliphatic heterocycles. The number of rotatable bonds is 1. The van der Waals surface area contributed by atoms with E-state index < -0.39 is 0 Å². The van der Waals surface area contributed by atoms with Crippen LogP contribution in [0.1, 0.15) is 20.8 Å². The van der Waals surface area contributed by atoms with Crippen LogP contribution in [0.2, 0.25) is 0 Å². The molecule has 4 heteroatoms. The molecule has 1 heterocycles. The molecule has 1 fully saturated rings. The standard InChI is InChI=1S/C12H25N3O/c1-12(2,3)15-8-7-14(6)9-10(15)11(16)13(4)5/h10H,7-9H2,1-6H3. The van der Waals surface area contributed by atoms with Gasteiger partial charge in [-0.05, 0) is 27.8 Å². The Hall–Kier alpha value is -0.610. The predicted octanol–water partition coefficient (Wildman–Crippen LogP) is 0.489. The Labute approximate surface area is 99.2 Å². The first kappa shape index (κ1) is 13.5. The molecule has 0 radical (unpaired) electrons. The molecule has 1 amide bonds. The van der Waals surface area contributed by atoms with Gasteiger partial charge in [0.05, 0.1) is 0 Å². The molecular formula is C12H25N3O. The van der Waals surface area contributed by atoms with Gasteiger partial charge in [0.1, 0.15) is 6.04 Å². The SMILES string of the molecule is CN1CCN(C(C)(C)C)C(C(=O)N(C)C)C1. The van der Waals surface area contributed by atoms with Gasteiger partial charge in [0.2, 0.25) is 5.91 Å². The average molecular weight is 227 g/mol. The van der Waals surface area contributed by atoms with Gasteiger partial charge in [-0.25, -0.2) is 0 Å². The van der Waals surface area contributed by atoms with Crippen LogP contribution in [0.25, 0.3) is 0 Å². The lowest BCUT2D eigenvalue weighted by Crippen LogP contribution is -2.62. The Morgan fingerprint density at radius 1 is 1.25 bits per heavy atom. The molecule has 0 spiro atoms. The topological polar surface area (TPSA) is 26.8 Å². The number of hydrogen-bond acceptors (Lipinski definition) is 3. The zero-order chi connectivity index (χ0) is 12.5. The fourth-order valence-corrected chi connectivity index (χ4v) is 2.23. The van der Waals surface area contributed by atoms with Gasteiger partial charge in [-0.2, -0.15) is 0 Å². The van der Waals surface area contributed by atoms with Crippen molar-refractivity contribution in [2.75, 3.05) is 40.8 Å². The van der Waals surface area contributed by atoms with Crippen LogP contribution in [-0.2, 0) is 4.79 Å². The summed E-state index contributed by atoms with van der Waals surface area (Å²) in [4.78, 5) is 18.4. The second-order valence-electron chi connectivity index (χ2n) is 5.87. The number of piperazine rings is 1. The van der Waals surface area contributed by atoms with Gasteiger partial charge < -0.3 is 9.80 Å². The monoisotopic (exact) mass is 227 g/mol. The third-order valence-electron chi connectivity index (χ3n) is 3.17. The van der Waals surface area contributed by atoms with E-state index >= 15 is 0 Å². The summed E-state index contributed by atoms with van der Waals surface area (Å²) in [5.41, 5.74) is 0.0532. The number of hydrogen-bond donors (Lipinski definition) is 0. The van der Waals surface area contributed by atoms with Crippen LogP contribution < -0.4 is 0 Å². The Kier molecular flexibility index (Phi) is 3.97. The minimum atomic E-state index is -0.00579. The smallest absolute Gasteiger partial charge is 0.240 e. The molecule has 0 bridgehead atoms. The molecule has 1 unspecified atom stereocenters. The largest absolute Gasteiger partial charge is 0.347 e. The summed E-state index contributed by atoms with van der Waals surface area (Å²) in [6.07, 6.45) is 0. The van der Waals surface area contributed by atoms with Crippen LogP contribution in [0.4, 0.5) is 0 Å². The summed E-state index contributed by atoms with van der Waals surface area (Å²) < 4.78 is 0. The third kappa shape index (κ3) is 2.95. The second-order valence-corrected chi connectivity index (χ2v) is 5.87. The maximum atomic E-state index is 12.2. The van der Waals surface area contributed by atoms with Gasteiger partial charge in [0, 0.05) is 39.3 Å². The fourth-order valence-electron chi connectivity index (χ4n) is 2.23. The summed E-state index contributed by atoms with van der Waals surface area (Å²) in [6, 6.07) is -0.00579. The van der Waals surface area contributed by atoms with Crippen molar-refractivity contribution in [3.63, 3.8) is 0 Å². The minimum absolute atomic E-state index is 0.00579. The first-order valence-corrected chi connectivity index (χ1v) is 5.90. The lowest BCUT2D eigenvalue weighted by molar-refractivity contribution is -0.139. The van der Waals surface area contributed by atoms with Gasteiger partial charge in [0.25, 0.3) is 0 Å². The van der Waals surface area contributed by atoms with Gasteiger partial charge in [-0.3, -0.25) is 9.69 Å². The van der Waals surface area contributed by atoms with Crippen LogP contribution >= 0.6 is 0 Å². The Morgan fingerprint density at radius 3 is 2.25 bits per heavy atom. The summed E-state index contributed by atoms with van der Waals surface area (Å²) in [6.45, 7) is 9.35. The van der Waals surface area contributed by atoms with E-state index in [2.05, 4.69) is 37.6 Å². The number of carbonyl (C=O) groups excluding carboxylic acids is 1. The molecule has 4 nitrogen and oxygen atoms in total. The van der Waals surface area contributed by atoms with E-state index in [4.69, 9.17) is 0 Å². The van der Waals surface area contributed by atoms with Gasteiger partial charge >= 0.3 is 0 Å². The minimum Gasteiger partial charge on any atom is -0.347 e. The van der Waals surface area contributed by atoms with Crippen molar-refractivity contribution in [2.45, 2.75) is 32.4 Å². The molecule has 1 aliphatic rings. The van der Waals surface area contributed by atoms with E-state index in [1.54, 1.807) is 4.90 Å². The zero-order valence-electron chi connectivity index (χ0n) is 11.4. The number of amides is 1. The molecule has 1 atom stereocenters. The van der Waals surface area contributed by atoms with E-state index in [1.165, 1.54) is 0 Å². The van der Waals surface area contributed by atoms with Gasteiger partial charge in [0.15, 0.2) is 0 Å². The summed E-state index contributed by atoms with van der Waals surface area (Å²) >= 11 is 0. The fraction of sp³-hybridized carbons (Fsp3) is 0.917. The predicted molar refractivity (Wildman–Crippen MR) is 66.4 cm³/mol. The van der Waals surface area contributed by atoms with E-state index in [1.807, 2.05) is 14.1 Å². The van der Waals surface area contributed by atoms with Crippen molar-refractivity contribution >= 4 is 5.91 Å². The van der Waals surface area contributed by atoms with Crippen molar-refractivity contribution < 1.29 is 4.79 Å². The lowest BCUT2D eigenvalue weighted by atomic mass is 9.99. The average Bonchev–Trinajstić information content (AvgIpc) is 2.14. The van der Waals surface area contributed by atoms with E-state index in [0.717, 1.165) is 19.6 Å². The number of nitrogens with zero attached hydrogens (tertiary/aromatic N) is 3. The zero-order valence-corrected chi connectivity index (χ0v) is 11.4. The maximum absolute atomic E-state index is 12.2. The van der Waals surface area contributed by atoms with Crippen molar-refractivity contribution in [1.82, 2.24) is 14.7 Å². The highest BCUT2D eigenvalue weighted by Crippen LogP contribution is 2.21. The molecule has 1 saturated heterocycles. The third-order valence-corrected chi connectivity index (χ3v) is 3.17. The highest BCUT2D eigenvalue weighted by atomic mass is 16.2. The van der Waals surface area contributed by atoms with Crippen LogP contribution in [0.15, 0.2) is 0 Å². The van der Waals surface area contributed by atoms with Crippen molar-refractivity contribution in [1.29, 1.82) is 0 Å². The number of likely N-dealkylation sites (N-methyl/N-ethyl adjacent to an activating group) is 2. The highest BCUT2D eigenvalue weighted by molar-refractivity contribution is 5.81. The first-order valence-electron chi connectivity index (χ1n) is 5.90. The molecule has 0 N–H and O–H groups in total. The number of carbonyl (C=O) groups is 1. The maximum Gasteiger partial charge on any atom is 0.240 e. The molecular weight excluding hydrogens is 202 g/mol. The van der Waals surface area contributed by atoms with Crippen LogP contribution in [0, 0.1) is 0 Å². The van der Waals surface area contributed by atoms with E-state index in [0.29, 0.717) is 0 Å². The Balaban J connectivity index is 2.85. The van der Waals surface area contributed by atoms with Crippen LogP contribution in [0.3, 0.4) is 0 Å². The van der Waals surface area contributed by atoms with Crippen LogP contribution in [0.5, 0.6) is 0 Å². The molecule has 0 aliphatic carbocycles. The highest BCUT2D eigenvalue weighted by Gasteiger charge is 2.37. The van der Waals surface area contributed by atoms with Gasteiger partial charge in [-0.15, -0.1) is 0 Å². The van der Waals surface area contributed by atoms with Crippen molar-refractivity contribution in [2.24, 2.45) is 0 Å². The van der Waals surface area contributed by atoms with E-state index in [-0.39, 0.29) is 17.5 Å². The molecule has 0 saturated carbocycles. The molecule has 1 rings (SSSR count). The van der Waals surface area contributed by atoms with Crippen molar-refractivity contribution in [3.8, 4) is 0 Å². The molecule has 0 aromatic carbocycles. The summed E-state index contributed by atoms with van der Waals surface area (Å²) in [5, 5.41) is 0. The summed E-state index contributed by atoms with van der Waals surface area (Å²) in [7, 11) is 5.74. The van der Waals surface area contributed by atoms with Crippen LogP contribution in [-0.4, -0.2) is 73.0 Å².